The number of carbonyl (C=O) groups excluding carboxylic acids is 1. The van der Waals surface area contributed by atoms with Crippen LogP contribution < -0.4 is 20.1 Å². The maximum atomic E-state index is 12.6. The molecule has 2 aromatic rings. The molecule has 0 unspecified atom stereocenters. The molecule has 5 nitrogen and oxygen atoms in total. The second-order valence-corrected chi connectivity index (χ2v) is 7.41. The molecule has 5 heteroatoms. The van der Waals surface area contributed by atoms with Crippen LogP contribution in [0.2, 0.25) is 0 Å². The average Bonchev–Trinajstić information content (AvgIpc) is 2.67. The second-order valence-electron chi connectivity index (χ2n) is 7.41. The van der Waals surface area contributed by atoms with Gasteiger partial charge in [0, 0.05) is 24.7 Å². The summed E-state index contributed by atoms with van der Waals surface area (Å²) in [5, 5.41) is 6.41. The molecule has 0 atom stereocenters. The molecule has 2 rings (SSSR count). The van der Waals surface area contributed by atoms with Crippen molar-refractivity contribution in [2.24, 2.45) is 0 Å². The summed E-state index contributed by atoms with van der Waals surface area (Å²) in [5.41, 5.74) is 4.13. The van der Waals surface area contributed by atoms with Crippen LogP contribution in [0.4, 0.5) is 11.4 Å². The Hall–Kier alpha value is -2.69. The summed E-state index contributed by atoms with van der Waals surface area (Å²) in [7, 11) is 3.23. The molecule has 0 heterocycles. The summed E-state index contributed by atoms with van der Waals surface area (Å²) in [4.78, 5) is 12.6. The van der Waals surface area contributed by atoms with Gasteiger partial charge in [0.15, 0.2) is 0 Å². The van der Waals surface area contributed by atoms with E-state index >= 15 is 0 Å². The fourth-order valence-corrected chi connectivity index (χ4v) is 3.15. The summed E-state index contributed by atoms with van der Waals surface area (Å²) >= 11 is 0. The van der Waals surface area contributed by atoms with Crippen molar-refractivity contribution in [3.05, 3.63) is 47.5 Å². The monoisotopic (exact) mass is 384 g/mol. The molecule has 1 amide bonds. The predicted octanol–water partition coefficient (Wildman–Crippen LogP) is 5.39. The van der Waals surface area contributed by atoms with Gasteiger partial charge in [0.05, 0.1) is 19.9 Å². The SMILES string of the molecule is COc1ccc(NCCC(=O)Nc2c(C(C)C)cccc2C(C)C)c(OC)c1. The zero-order valence-corrected chi connectivity index (χ0v) is 17.8. The zero-order chi connectivity index (χ0) is 20.7. The Morgan fingerprint density at radius 1 is 0.964 bits per heavy atom. The van der Waals surface area contributed by atoms with Crippen LogP contribution in [0, 0.1) is 0 Å². The fraction of sp³-hybridized carbons (Fsp3) is 0.435. The molecule has 0 fully saturated rings. The van der Waals surface area contributed by atoms with Crippen molar-refractivity contribution in [3.63, 3.8) is 0 Å². The minimum atomic E-state index is -0.00465. The van der Waals surface area contributed by atoms with Crippen molar-refractivity contribution in [1.29, 1.82) is 0 Å². The molecule has 2 aromatic carbocycles. The molecule has 0 aliphatic carbocycles. The first-order valence-electron chi connectivity index (χ1n) is 9.75. The molecule has 0 bridgehead atoms. The van der Waals surface area contributed by atoms with Gasteiger partial charge in [0.25, 0.3) is 0 Å². The van der Waals surface area contributed by atoms with Gasteiger partial charge in [-0.2, -0.15) is 0 Å². The summed E-state index contributed by atoms with van der Waals surface area (Å²) in [5.74, 6) is 2.10. The minimum Gasteiger partial charge on any atom is -0.497 e. The number of methoxy groups -OCH3 is 2. The summed E-state index contributed by atoms with van der Waals surface area (Å²) in [6, 6.07) is 11.8. The average molecular weight is 385 g/mol. The van der Waals surface area contributed by atoms with Crippen LogP contribution in [-0.2, 0) is 4.79 Å². The Balaban J connectivity index is 2.04. The van der Waals surface area contributed by atoms with Crippen molar-refractivity contribution in [2.75, 3.05) is 31.4 Å². The Kier molecular flexibility index (Phi) is 7.73. The number of hydrogen-bond donors (Lipinski definition) is 2. The highest BCUT2D eigenvalue weighted by molar-refractivity contribution is 5.93. The van der Waals surface area contributed by atoms with Crippen LogP contribution in [0.5, 0.6) is 11.5 Å². The van der Waals surface area contributed by atoms with Crippen molar-refractivity contribution < 1.29 is 14.3 Å². The first kappa shape index (κ1) is 21.6. The molecule has 0 aliphatic heterocycles. The van der Waals surface area contributed by atoms with Crippen LogP contribution in [0.25, 0.3) is 0 Å². The number of carbonyl (C=O) groups is 1. The van der Waals surface area contributed by atoms with E-state index in [0.29, 0.717) is 30.6 Å². The van der Waals surface area contributed by atoms with Gasteiger partial charge in [-0.15, -0.1) is 0 Å². The molecule has 0 saturated heterocycles. The van der Waals surface area contributed by atoms with E-state index in [1.807, 2.05) is 18.2 Å². The molecular weight excluding hydrogens is 352 g/mol. The third-order valence-corrected chi connectivity index (χ3v) is 4.71. The van der Waals surface area contributed by atoms with Gasteiger partial charge in [0.2, 0.25) is 5.91 Å². The number of rotatable bonds is 9. The van der Waals surface area contributed by atoms with Gasteiger partial charge in [-0.3, -0.25) is 4.79 Å². The van der Waals surface area contributed by atoms with E-state index in [2.05, 4.69) is 56.5 Å². The molecule has 0 aromatic heterocycles. The lowest BCUT2D eigenvalue weighted by Crippen LogP contribution is -2.19. The Morgan fingerprint density at radius 2 is 1.61 bits per heavy atom. The second kappa shape index (κ2) is 10.0. The van der Waals surface area contributed by atoms with Crippen LogP contribution >= 0.6 is 0 Å². The lowest BCUT2D eigenvalue weighted by Gasteiger charge is -2.20. The Morgan fingerprint density at radius 3 is 2.14 bits per heavy atom. The number of anilines is 2. The highest BCUT2D eigenvalue weighted by atomic mass is 16.5. The lowest BCUT2D eigenvalue weighted by molar-refractivity contribution is -0.116. The topological polar surface area (TPSA) is 59.6 Å². The van der Waals surface area contributed by atoms with Gasteiger partial charge in [-0.1, -0.05) is 45.9 Å². The molecule has 0 radical (unpaired) electrons. The van der Waals surface area contributed by atoms with Crippen molar-refractivity contribution >= 4 is 17.3 Å². The Bertz CT molecular complexity index is 774. The molecule has 28 heavy (non-hydrogen) atoms. The predicted molar refractivity (Wildman–Crippen MR) is 116 cm³/mol. The van der Waals surface area contributed by atoms with Gasteiger partial charge < -0.3 is 20.1 Å². The van der Waals surface area contributed by atoms with E-state index in [1.54, 1.807) is 14.2 Å². The van der Waals surface area contributed by atoms with Crippen LogP contribution in [0.15, 0.2) is 36.4 Å². The van der Waals surface area contributed by atoms with Crippen LogP contribution in [-0.4, -0.2) is 26.7 Å². The fourth-order valence-electron chi connectivity index (χ4n) is 3.15. The lowest BCUT2D eigenvalue weighted by atomic mass is 9.92. The summed E-state index contributed by atoms with van der Waals surface area (Å²) in [6.07, 6.45) is 0.360. The quantitative estimate of drug-likeness (QED) is 0.608. The van der Waals surface area contributed by atoms with E-state index in [-0.39, 0.29) is 5.91 Å². The number of ether oxygens (including phenoxy) is 2. The highest BCUT2D eigenvalue weighted by Gasteiger charge is 2.16. The largest absolute Gasteiger partial charge is 0.497 e. The zero-order valence-electron chi connectivity index (χ0n) is 17.8. The van der Waals surface area contributed by atoms with E-state index in [9.17, 15) is 4.79 Å². The third kappa shape index (κ3) is 5.41. The molecule has 152 valence electrons. The Labute approximate surface area is 168 Å². The number of para-hydroxylation sites is 1. The standard InChI is InChI=1S/C23H32N2O3/c1-15(2)18-8-7-9-19(16(3)4)23(18)25-22(26)12-13-24-20-11-10-17(27-5)14-21(20)28-6/h7-11,14-16,24H,12-13H2,1-6H3,(H,25,26). The van der Waals surface area contributed by atoms with Crippen molar-refractivity contribution in [1.82, 2.24) is 0 Å². The maximum Gasteiger partial charge on any atom is 0.226 e. The number of hydrogen-bond acceptors (Lipinski definition) is 4. The van der Waals surface area contributed by atoms with Crippen LogP contribution in [0.1, 0.15) is 57.1 Å². The number of amides is 1. The smallest absolute Gasteiger partial charge is 0.226 e. The summed E-state index contributed by atoms with van der Waals surface area (Å²) in [6.45, 7) is 9.09. The molecule has 2 N–H and O–H groups in total. The third-order valence-electron chi connectivity index (χ3n) is 4.71. The first-order valence-corrected chi connectivity index (χ1v) is 9.75. The summed E-state index contributed by atoms with van der Waals surface area (Å²) < 4.78 is 10.6. The number of nitrogens with one attached hydrogen (secondary N) is 2. The van der Waals surface area contributed by atoms with E-state index in [1.165, 1.54) is 11.1 Å². The molecule has 0 saturated carbocycles. The normalized spacial score (nSPS) is 10.9. The molecular formula is C23H32N2O3. The van der Waals surface area contributed by atoms with Crippen molar-refractivity contribution in [3.8, 4) is 11.5 Å². The molecule has 0 aliphatic rings. The number of benzene rings is 2. The van der Waals surface area contributed by atoms with E-state index in [0.717, 1.165) is 17.1 Å². The highest BCUT2D eigenvalue weighted by Crippen LogP contribution is 2.32. The van der Waals surface area contributed by atoms with Crippen molar-refractivity contribution in [2.45, 2.75) is 46.0 Å². The van der Waals surface area contributed by atoms with Crippen LogP contribution in [0.3, 0.4) is 0 Å². The van der Waals surface area contributed by atoms with Gasteiger partial charge in [-0.25, -0.2) is 0 Å². The van der Waals surface area contributed by atoms with Gasteiger partial charge in [-0.05, 0) is 35.1 Å². The maximum absolute atomic E-state index is 12.6. The van der Waals surface area contributed by atoms with Gasteiger partial charge >= 0.3 is 0 Å². The molecule has 0 spiro atoms. The first-order chi connectivity index (χ1) is 13.4. The van der Waals surface area contributed by atoms with E-state index < -0.39 is 0 Å². The van der Waals surface area contributed by atoms with E-state index in [4.69, 9.17) is 9.47 Å². The minimum absolute atomic E-state index is 0.00465. The van der Waals surface area contributed by atoms with Gasteiger partial charge in [0.1, 0.15) is 11.5 Å².